The van der Waals surface area contributed by atoms with Crippen LogP contribution in [0.3, 0.4) is 0 Å². The van der Waals surface area contributed by atoms with Crippen LogP contribution in [0.1, 0.15) is 34.6 Å². The van der Waals surface area contributed by atoms with Crippen LogP contribution in [-0.4, -0.2) is 20.8 Å². The maximum Gasteiger partial charge on any atom is 0.293 e. The summed E-state index contributed by atoms with van der Waals surface area (Å²) in [6.45, 7) is 3.85. The lowest BCUT2D eigenvalue weighted by atomic mass is 10.1. The number of thiazole rings is 1. The summed E-state index contributed by atoms with van der Waals surface area (Å²) < 4.78 is 0.962. The van der Waals surface area contributed by atoms with E-state index < -0.39 is 10.8 Å². The quantitative estimate of drug-likeness (QED) is 0.314. The molecule has 0 saturated carbocycles. The van der Waals surface area contributed by atoms with Crippen LogP contribution in [0.2, 0.25) is 0 Å². The zero-order chi connectivity index (χ0) is 22.0. The van der Waals surface area contributed by atoms with Gasteiger partial charge in [0.25, 0.3) is 11.6 Å². The molecule has 2 N–H and O–H groups in total. The van der Waals surface area contributed by atoms with Crippen molar-refractivity contribution in [3.8, 4) is 0 Å². The Balaban J connectivity index is 1.56. The van der Waals surface area contributed by atoms with Crippen LogP contribution in [0.4, 0.5) is 16.5 Å². The normalized spacial score (nSPS) is 11.8. The number of hydrogen-bond acceptors (Lipinski definition) is 7. The Morgan fingerprint density at radius 2 is 2.00 bits per heavy atom. The lowest BCUT2D eigenvalue weighted by Crippen LogP contribution is -2.13. The largest absolute Gasteiger partial charge is 0.371 e. The van der Waals surface area contributed by atoms with Gasteiger partial charge in [-0.05, 0) is 55.8 Å². The van der Waals surface area contributed by atoms with Gasteiger partial charge in [0.1, 0.15) is 5.69 Å². The molecule has 0 bridgehead atoms. The third kappa shape index (κ3) is 4.51. The Morgan fingerprint density at radius 1 is 1.16 bits per heavy atom. The molecule has 2 heterocycles. The van der Waals surface area contributed by atoms with Crippen molar-refractivity contribution in [2.75, 3.05) is 10.6 Å². The van der Waals surface area contributed by atoms with Crippen molar-refractivity contribution in [1.82, 2.24) is 9.97 Å². The van der Waals surface area contributed by atoms with Crippen molar-refractivity contribution >= 4 is 44.0 Å². The maximum absolute atomic E-state index is 12.7. The summed E-state index contributed by atoms with van der Waals surface area (Å²) in [5.41, 5.74) is 2.96. The molecule has 0 spiro atoms. The smallest absolute Gasteiger partial charge is 0.293 e. The molecule has 1 atom stereocenters. The first-order chi connectivity index (χ1) is 14.9. The molecular formula is C22H19N5O3S. The van der Waals surface area contributed by atoms with Gasteiger partial charge in [-0.25, -0.2) is 4.98 Å². The molecule has 0 aliphatic rings. The number of nitrogens with zero attached hydrogens (tertiary/aromatic N) is 3. The summed E-state index contributed by atoms with van der Waals surface area (Å²) in [4.78, 5) is 32.5. The molecule has 0 radical (unpaired) electrons. The SMILES string of the molecule is Cc1ccc2nc(NC(=O)c3ccc(NC(C)c4ccccn4)c([N+](=O)[O-])c3)sc2c1. The number of aryl methyl sites for hydroxylation is 1. The van der Waals surface area contributed by atoms with Crippen LogP contribution >= 0.6 is 11.3 Å². The first-order valence-electron chi connectivity index (χ1n) is 9.55. The molecule has 31 heavy (non-hydrogen) atoms. The molecule has 0 saturated heterocycles. The molecule has 4 aromatic rings. The summed E-state index contributed by atoms with van der Waals surface area (Å²) >= 11 is 1.36. The number of nitro groups is 1. The summed E-state index contributed by atoms with van der Waals surface area (Å²) in [5, 5.41) is 17.9. The third-order valence-corrected chi connectivity index (χ3v) is 5.66. The van der Waals surface area contributed by atoms with Gasteiger partial charge in [0.05, 0.1) is 26.9 Å². The van der Waals surface area contributed by atoms with Crippen LogP contribution in [0.5, 0.6) is 0 Å². The summed E-state index contributed by atoms with van der Waals surface area (Å²) in [5.74, 6) is -0.455. The van der Waals surface area contributed by atoms with Crippen molar-refractivity contribution < 1.29 is 9.72 Å². The second-order valence-corrected chi connectivity index (χ2v) is 8.08. The minimum absolute atomic E-state index is 0.179. The number of carbonyl (C=O) groups excluding carboxylic acids is 1. The van der Waals surface area contributed by atoms with Crippen molar-refractivity contribution in [2.45, 2.75) is 19.9 Å². The van der Waals surface area contributed by atoms with Crippen LogP contribution in [-0.2, 0) is 0 Å². The molecule has 0 aliphatic carbocycles. The molecule has 9 heteroatoms. The molecule has 1 amide bonds. The molecule has 2 aromatic carbocycles. The molecule has 0 aliphatic heterocycles. The van der Waals surface area contributed by atoms with E-state index in [4.69, 9.17) is 0 Å². The van der Waals surface area contributed by atoms with Gasteiger partial charge in [0, 0.05) is 17.8 Å². The number of aromatic nitrogens is 2. The Morgan fingerprint density at radius 3 is 2.74 bits per heavy atom. The highest BCUT2D eigenvalue weighted by atomic mass is 32.1. The van der Waals surface area contributed by atoms with Gasteiger partial charge in [-0.3, -0.25) is 25.2 Å². The van der Waals surface area contributed by atoms with Crippen molar-refractivity contribution in [3.63, 3.8) is 0 Å². The van der Waals surface area contributed by atoms with Gasteiger partial charge >= 0.3 is 0 Å². The van der Waals surface area contributed by atoms with E-state index in [1.807, 2.05) is 44.2 Å². The monoisotopic (exact) mass is 433 g/mol. The molecule has 8 nitrogen and oxygen atoms in total. The van der Waals surface area contributed by atoms with Gasteiger partial charge in [-0.1, -0.05) is 23.5 Å². The standard InChI is InChI=1S/C22H19N5O3S/c1-13-6-8-18-20(11-13)31-22(25-18)26-21(28)15-7-9-17(19(12-15)27(29)30)24-14(2)16-5-3-4-10-23-16/h3-12,14,24H,1-2H3,(H,25,26,28). The predicted molar refractivity (Wildman–Crippen MR) is 122 cm³/mol. The van der Waals surface area contributed by atoms with Crippen LogP contribution in [0.15, 0.2) is 60.8 Å². The highest BCUT2D eigenvalue weighted by Crippen LogP contribution is 2.30. The molecule has 1 unspecified atom stereocenters. The van der Waals surface area contributed by atoms with Crippen LogP contribution in [0, 0.1) is 17.0 Å². The minimum atomic E-state index is -0.509. The number of fused-ring (bicyclic) bond motifs is 1. The van der Waals surface area contributed by atoms with E-state index in [-0.39, 0.29) is 17.3 Å². The Hall–Kier alpha value is -3.85. The van der Waals surface area contributed by atoms with Crippen molar-refractivity contribution in [2.24, 2.45) is 0 Å². The van der Waals surface area contributed by atoms with E-state index in [1.165, 1.54) is 23.5 Å². The summed E-state index contributed by atoms with van der Waals surface area (Å²) in [7, 11) is 0. The number of carbonyl (C=O) groups is 1. The maximum atomic E-state index is 12.7. The fraction of sp³-hybridized carbons (Fsp3) is 0.136. The van der Waals surface area contributed by atoms with E-state index in [9.17, 15) is 14.9 Å². The molecule has 156 valence electrons. The van der Waals surface area contributed by atoms with E-state index >= 15 is 0 Å². The van der Waals surface area contributed by atoms with Gasteiger partial charge in [0.15, 0.2) is 5.13 Å². The zero-order valence-electron chi connectivity index (χ0n) is 16.8. The third-order valence-electron chi connectivity index (χ3n) is 4.72. The molecule has 4 rings (SSSR count). The van der Waals surface area contributed by atoms with Crippen molar-refractivity contribution in [3.05, 3.63) is 87.7 Å². The average Bonchev–Trinajstić information content (AvgIpc) is 3.15. The van der Waals surface area contributed by atoms with Crippen molar-refractivity contribution in [1.29, 1.82) is 0 Å². The summed E-state index contributed by atoms with van der Waals surface area (Å²) in [6, 6.07) is 15.4. The Kier molecular flexibility index (Phi) is 5.59. The number of anilines is 2. The fourth-order valence-corrected chi connectivity index (χ4v) is 4.10. The lowest BCUT2D eigenvalue weighted by Gasteiger charge is -2.15. The van der Waals surface area contributed by atoms with Crippen LogP contribution < -0.4 is 10.6 Å². The first-order valence-corrected chi connectivity index (χ1v) is 10.4. The Bertz CT molecular complexity index is 1270. The van der Waals surface area contributed by atoms with E-state index in [1.54, 1.807) is 18.3 Å². The first kappa shape index (κ1) is 20.4. The highest BCUT2D eigenvalue weighted by molar-refractivity contribution is 7.22. The van der Waals surface area contributed by atoms with Crippen LogP contribution in [0.25, 0.3) is 10.2 Å². The number of nitrogens with one attached hydrogen (secondary N) is 2. The molecule has 0 fully saturated rings. The fourth-order valence-electron chi connectivity index (χ4n) is 3.14. The summed E-state index contributed by atoms with van der Waals surface area (Å²) in [6.07, 6.45) is 1.67. The van der Waals surface area contributed by atoms with E-state index in [2.05, 4.69) is 20.6 Å². The van der Waals surface area contributed by atoms with Gasteiger partial charge < -0.3 is 5.32 Å². The lowest BCUT2D eigenvalue weighted by molar-refractivity contribution is -0.384. The highest BCUT2D eigenvalue weighted by Gasteiger charge is 2.20. The second-order valence-electron chi connectivity index (χ2n) is 7.05. The number of pyridine rings is 1. The number of amides is 1. The molecule has 2 aromatic heterocycles. The number of rotatable bonds is 6. The zero-order valence-corrected chi connectivity index (χ0v) is 17.6. The van der Waals surface area contributed by atoms with Gasteiger partial charge in [-0.2, -0.15) is 0 Å². The minimum Gasteiger partial charge on any atom is -0.371 e. The van der Waals surface area contributed by atoms with Gasteiger partial charge in [0.2, 0.25) is 0 Å². The number of hydrogen-bond donors (Lipinski definition) is 2. The number of nitro benzene ring substituents is 1. The second kappa shape index (κ2) is 8.49. The Labute approximate surface area is 182 Å². The van der Waals surface area contributed by atoms with Gasteiger partial charge in [-0.15, -0.1) is 0 Å². The molecular weight excluding hydrogens is 414 g/mol. The van der Waals surface area contributed by atoms with E-state index in [0.29, 0.717) is 10.8 Å². The topological polar surface area (TPSA) is 110 Å². The number of benzene rings is 2. The van der Waals surface area contributed by atoms with E-state index in [0.717, 1.165) is 21.5 Å². The predicted octanol–water partition coefficient (Wildman–Crippen LogP) is 5.33. The average molecular weight is 433 g/mol.